The molecule has 1 aromatic rings. The Morgan fingerprint density at radius 1 is 1.38 bits per heavy atom. The van der Waals surface area contributed by atoms with E-state index in [0.717, 1.165) is 55.8 Å². The van der Waals surface area contributed by atoms with E-state index in [0.29, 0.717) is 6.04 Å². The molecule has 21 heavy (non-hydrogen) atoms. The zero-order chi connectivity index (χ0) is 15.2. The minimum absolute atomic E-state index is 0.112. The molecule has 0 bridgehead atoms. The summed E-state index contributed by atoms with van der Waals surface area (Å²) in [6.45, 7) is 6.60. The number of nitrogens with one attached hydrogen (secondary N) is 1. The second-order valence-electron chi connectivity index (χ2n) is 5.72. The Kier molecular flexibility index (Phi) is 5.62. The van der Waals surface area contributed by atoms with Gasteiger partial charge in [-0.25, -0.2) is 0 Å². The summed E-state index contributed by atoms with van der Waals surface area (Å²) in [5.74, 6) is 0.112. The summed E-state index contributed by atoms with van der Waals surface area (Å²) >= 11 is 0. The van der Waals surface area contributed by atoms with Crippen molar-refractivity contribution in [2.45, 2.75) is 39.2 Å². The number of nitrogens with zero attached hydrogens (tertiary/aromatic N) is 1. The molecule has 0 saturated carbocycles. The summed E-state index contributed by atoms with van der Waals surface area (Å²) < 4.78 is 5.37. The molecule has 0 aliphatic carbocycles. The van der Waals surface area contributed by atoms with Gasteiger partial charge in [0, 0.05) is 44.1 Å². The van der Waals surface area contributed by atoms with Crippen molar-refractivity contribution in [3.05, 3.63) is 29.3 Å². The second kappa shape index (κ2) is 7.46. The maximum atomic E-state index is 12.7. The highest BCUT2D eigenvalue weighted by Gasteiger charge is 2.24. The molecule has 0 radical (unpaired) electrons. The second-order valence-corrected chi connectivity index (χ2v) is 5.72. The molecule has 116 valence electrons. The van der Waals surface area contributed by atoms with Crippen LogP contribution in [0.5, 0.6) is 0 Å². The van der Waals surface area contributed by atoms with Crippen molar-refractivity contribution in [3.63, 3.8) is 0 Å². The van der Waals surface area contributed by atoms with Crippen LogP contribution in [0.3, 0.4) is 0 Å². The number of anilines is 1. The Labute approximate surface area is 127 Å². The predicted octanol–water partition coefficient (Wildman–Crippen LogP) is 3.07. The number of rotatable bonds is 5. The van der Waals surface area contributed by atoms with Gasteiger partial charge in [0.1, 0.15) is 0 Å². The molecule has 2 rings (SSSR count). The van der Waals surface area contributed by atoms with Crippen LogP contribution in [-0.4, -0.2) is 43.7 Å². The normalized spacial score (nSPS) is 15.8. The first-order valence-electron chi connectivity index (χ1n) is 7.83. The number of carbonyl (C=O) groups is 1. The smallest absolute Gasteiger partial charge is 0.254 e. The number of hydrogen-bond acceptors (Lipinski definition) is 3. The van der Waals surface area contributed by atoms with Gasteiger partial charge < -0.3 is 15.0 Å². The van der Waals surface area contributed by atoms with E-state index in [1.807, 2.05) is 31.0 Å². The van der Waals surface area contributed by atoms with Crippen molar-refractivity contribution in [1.29, 1.82) is 0 Å². The lowest BCUT2D eigenvalue weighted by molar-refractivity contribution is 0.0361. The number of ether oxygens (including phenoxy) is 1. The van der Waals surface area contributed by atoms with Crippen molar-refractivity contribution < 1.29 is 9.53 Å². The highest BCUT2D eigenvalue weighted by Crippen LogP contribution is 2.20. The average molecular weight is 290 g/mol. The molecule has 0 atom stereocenters. The van der Waals surface area contributed by atoms with E-state index in [2.05, 4.69) is 18.3 Å². The largest absolute Gasteiger partial charge is 0.385 e. The summed E-state index contributed by atoms with van der Waals surface area (Å²) in [5.41, 5.74) is 2.91. The molecule has 1 heterocycles. The molecular formula is C17H26N2O2. The molecule has 1 aliphatic heterocycles. The van der Waals surface area contributed by atoms with E-state index in [1.54, 1.807) is 0 Å². The van der Waals surface area contributed by atoms with E-state index in [9.17, 15) is 4.79 Å². The minimum atomic E-state index is 0.112. The van der Waals surface area contributed by atoms with E-state index in [4.69, 9.17) is 4.74 Å². The molecule has 0 spiro atoms. The van der Waals surface area contributed by atoms with Gasteiger partial charge >= 0.3 is 0 Å². The van der Waals surface area contributed by atoms with Gasteiger partial charge in [-0.1, -0.05) is 6.92 Å². The van der Waals surface area contributed by atoms with Gasteiger partial charge in [-0.3, -0.25) is 4.79 Å². The van der Waals surface area contributed by atoms with Crippen molar-refractivity contribution in [2.75, 3.05) is 32.1 Å². The van der Waals surface area contributed by atoms with Crippen molar-refractivity contribution in [1.82, 2.24) is 4.90 Å². The number of hydrogen-bond donors (Lipinski definition) is 1. The highest BCUT2D eigenvalue weighted by molar-refractivity contribution is 5.96. The zero-order valence-corrected chi connectivity index (χ0v) is 13.3. The third-order valence-electron chi connectivity index (χ3n) is 4.09. The van der Waals surface area contributed by atoms with Crippen LogP contribution in [0.2, 0.25) is 0 Å². The molecular weight excluding hydrogens is 264 g/mol. The molecule has 4 nitrogen and oxygen atoms in total. The Bertz CT molecular complexity index is 482. The predicted molar refractivity (Wildman–Crippen MR) is 85.9 cm³/mol. The van der Waals surface area contributed by atoms with E-state index in [1.165, 1.54) is 0 Å². The van der Waals surface area contributed by atoms with Crippen LogP contribution in [0.1, 0.15) is 42.1 Å². The monoisotopic (exact) mass is 290 g/mol. The molecule has 4 heteroatoms. The summed E-state index contributed by atoms with van der Waals surface area (Å²) in [4.78, 5) is 14.5. The fourth-order valence-corrected chi connectivity index (χ4v) is 2.71. The number of amides is 1. The SMILES string of the molecule is CCCNc1ccc(C(=O)N(C)C2CCOCC2)c(C)c1. The van der Waals surface area contributed by atoms with Crippen molar-refractivity contribution in [2.24, 2.45) is 0 Å². The Morgan fingerprint density at radius 2 is 2.10 bits per heavy atom. The zero-order valence-electron chi connectivity index (χ0n) is 13.3. The third-order valence-corrected chi connectivity index (χ3v) is 4.09. The van der Waals surface area contributed by atoms with Gasteiger partial charge in [-0.15, -0.1) is 0 Å². The standard InChI is InChI=1S/C17H26N2O2/c1-4-9-18-14-5-6-16(13(2)12-14)17(20)19(3)15-7-10-21-11-8-15/h5-6,12,15,18H,4,7-11H2,1-3H3. The molecule has 1 saturated heterocycles. The Hall–Kier alpha value is -1.55. The average Bonchev–Trinajstić information content (AvgIpc) is 2.52. The lowest BCUT2D eigenvalue weighted by Crippen LogP contribution is -2.40. The van der Waals surface area contributed by atoms with Gasteiger partial charge in [-0.2, -0.15) is 0 Å². The molecule has 1 N–H and O–H groups in total. The molecule has 1 fully saturated rings. The molecule has 0 aromatic heterocycles. The molecule has 1 amide bonds. The van der Waals surface area contributed by atoms with Crippen LogP contribution in [-0.2, 0) is 4.74 Å². The number of carbonyl (C=O) groups excluding carboxylic acids is 1. The number of aryl methyl sites for hydroxylation is 1. The maximum absolute atomic E-state index is 12.7. The van der Waals surface area contributed by atoms with E-state index >= 15 is 0 Å². The lowest BCUT2D eigenvalue weighted by Gasteiger charge is -2.31. The van der Waals surface area contributed by atoms with Crippen LogP contribution < -0.4 is 5.32 Å². The van der Waals surface area contributed by atoms with Gasteiger partial charge in [-0.05, 0) is 49.9 Å². The topological polar surface area (TPSA) is 41.6 Å². The van der Waals surface area contributed by atoms with Gasteiger partial charge in [0.05, 0.1) is 0 Å². The number of benzene rings is 1. The quantitative estimate of drug-likeness (QED) is 0.906. The van der Waals surface area contributed by atoms with Crippen LogP contribution in [0.25, 0.3) is 0 Å². The van der Waals surface area contributed by atoms with Crippen LogP contribution in [0.15, 0.2) is 18.2 Å². The van der Waals surface area contributed by atoms with E-state index < -0.39 is 0 Å². The fraction of sp³-hybridized carbons (Fsp3) is 0.588. The van der Waals surface area contributed by atoms with Gasteiger partial charge in [0.25, 0.3) is 5.91 Å². The third kappa shape index (κ3) is 3.97. The summed E-state index contributed by atoms with van der Waals surface area (Å²) in [6.07, 6.45) is 2.95. The van der Waals surface area contributed by atoms with Crippen molar-refractivity contribution in [3.8, 4) is 0 Å². The first-order chi connectivity index (χ1) is 10.1. The molecule has 1 aromatic carbocycles. The molecule has 1 aliphatic rings. The first kappa shape index (κ1) is 15.8. The van der Waals surface area contributed by atoms with Crippen molar-refractivity contribution >= 4 is 11.6 Å². The van der Waals surface area contributed by atoms with Crippen LogP contribution >= 0.6 is 0 Å². The summed E-state index contributed by atoms with van der Waals surface area (Å²) in [5, 5.41) is 3.35. The molecule has 0 unspecified atom stereocenters. The van der Waals surface area contributed by atoms with Gasteiger partial charge in [0.15, 0.2) is 0 Å². The highest BCUT2D eigenvalue weighted by atomic mass is 16.5. The first-order valence-corrected chi connectivity index (χ1v) is 7.83. The van der Waals surface area contributed by atoms with Crippen LogP contribution in [0, 0.1) is 6.92 Å². The van der Waals surface area contributed by atoms with E-state index in [-0.39, 0.29) is 5.91 Å². The Balaban J connectivity index is 2.07. The lowest BCUT2D eigenvalue weighted by atomic mass is 10.0. The van der Waals surface area contributed by atoms with Crippen LogP contribution in [0.4, 0.5) is 5.69 Å². The fourth-order valence-electron chi connectivity index (χ4n) is 2.71. The maximum Gasteiger partial charge on any atom is 0.254 e. The summed E-state index contributed by atoms with van der Waals surface area (Å²) in [6, 6.07) is 6.28. The summed E-state index contributed by atoms with van der Waals surface area (Å²) in [7, 11) is 1.90. The Morgan fingerprint density at radius 3 is 2.71 bits per heavy atom. The minimum Gasteiger partial charge on any atom is -0.385 e. The van der Waals surface area contributed by atoms with Gasteiger partial charge in [0.2, 0.25) is 0 Å².